The van der Waals surface area contributed by atoms with Crippen molar-refractivity contribution in [2.45, 2.75) is 13.0 Å². The first-order valence-corrected chi connectivity index (χ1v) is 8.94. The predicted molar refractivity (Wildman–Crippen MR) is 99.5 cm³/mol. The summed E-state index contributed by atoms with van der Waals surface area (Å²) < 4.78 is 30.6. The van der Waals surface area contributed by atoms with Gasteiger partial charge < -0.3 is 14.2 Å². The van der Waals surface area contributed by atoms with Gasteiger partial charge in [-0.2, -0.15) is 0 Å². The minimum Gasteiger partial charge on any atom is -0.497 e. The first-order valence-electron chi connectivity index (χ1n) is 8.13. The Hall–Kier alpha value is -2.44. The number of rotatable bonds is 7. The van der Waals surface area contributed by atoms with E-state index in [1.54, 1.807) is 19.2 Å². The van der Waals surface area contributed by atoms with Gasteiger partial charge in [0.1, 0.15) is 16.4 Å². The van der Waals surface area contributed by atoms with Crippen molar-refractivity contribution >= 4 is 27.4 Å². The highest BCUT2D eigenvalue weighted by Crippen LogP contribution is 2.34. The smallest absolute Gasteiger partial charge is 0.348 e. The molecule has 0 aliphatic carbocycles. The van der Waals surface area contributed by atoms with Gasteiger partial charge in [0.15, 0.2) is 0 Å². The number of thiophene rings is 1. The fraction of sp³-hybridized carbons (Fsp3) is 0.250. The maximum atomic E-state index is 14.2. The van der Waals surface area contributed by atoms with E-state index in [4.69, 9.17) is 14.2 Å². The van der Waals surface area contributed by atoms with Crippen LogP contribution in [0, 0.1) is 5.82 Å². The van der Waals surface area contributed by atoms with Gasteiger partial charge in [0.05, 0.1) is 20.3 Å². The van der Waals surface area contributed by atoms with Crippen molar-refractivity contribution in [2.24, 2.45) is 0 Å². The molecule has 1 heterocycles. The van der Waals surface area contributed by atoms with Gasteiger partial charge in [-0.1, -0.05) is 18.2 Å². The Bertz CT molecular complexity index is 902. The lowest BCUT2D eigenvalue weighted by Crippen LogP contribution is -2.09. The van der Waals surface area contributed by atoms with Crippen LogP contribution >= 0.6 is 11.3 Å². The first-order chi connectivity index (χ1) is 12.6. The lowest BCUT2D eigenvalue weighted by molar-refractivity contribution is 0.0511. The average Bonchev–Trinajstić information content (AvgIpc) is 3.02. The van der Waals surface area contributed by atoms with Crippen LogP contribution in [-0.4, -0.2) is 26.8 Å². The number of hydrogen-bond acceptors (Lipinski definition) is 5. The number of carbonyl (C=O) groups is 1. The monoisotopic (exact) mass is 374 g/mol. The highest BCUT2D eigenvalue weighted by atomic mass is 32.1. The summed E-state index contributed by atoms with van der Waals surface area (Å²) in [4.78, 5) is 12.9. The Morgan fingerprint density at radius 2 is 1.88 bits per heavy atom. The molecule has 0 atom stereocenters. The third-order valence-corrected chi connectivity index (χ3v) is 5.20. The minimum atomic E-state index is -0.453. The highest BCUT2D eigenvalue weighted by molar-refractivity contribution is 7.21. The lowest BCUT2D eigenvalue weighted by Gasteiger charge is -2.07. The van der Waals surface area contributed by atoms with Gasteiger partial charge in [0, 0.05) is 29.2 Å². The molecule has 0 spiro atoms. The molecule has 1 aromatic heterocycles. The van der Waals surface area contributed by atoms with Crippen molar-refractivity contribution in [3.63, 3.8) is 0 Å². The molecule has 0 bridgehead atoms. The number of hydrogen-bond donors (Lipinski definition) is 0. The molecular weight excluding hydrogens is 355 g/mol. The molecule has 0 N–H and O–H groups in total. The first kappa shape index (κ1) is 18.4. The number of benzene rings is 2. The van der Waals surface area contributed by atoms with E-state index in [1.807, 2.05) is 24.3 Å². The van der Waals surface area contributed by atoms with Crippen molar-refractivity contribution in [2.75, 3.05) is 20.8 Å². The number of methoxy groups -OCH3 is 2. The van der Waals surface area contributed by atoms with E-state index in [0.29, 0.717) is 26.9 Å². The lowest BCUT2D eigenvalue weighted by atomic mass is 10.1. The summed E-state index contributed by atoms with van der Waals surface area (Å²) in [5.74, 6) is -0.0310. The van der Waals surface area contributed by atoms with Crippen LogP contribution in [0.4, 0.5) is 4.39 Å². The Morgan fingerprint density at radius 3 is 2.58 bits per heavy atom. The molecule has 0 radical (unpaired) electrons. The number of fused-ring (bicyclic) bond motifs is 1. The van der Waals surface area contributed by atoms with Crippen molar-refractivity contribution in [1.82, 2.24) is 0 Å². The van der Waals surface area contributed by atoms with Crippen LogP contribution in [0.15, 0.2) is 42.5 Å². The van der Waals surface area contributed by atoms with Crippen LogP contribution in [0.1, 0.15) is 20.8 Å². The molecule has 3 rings (SSSR count). The summed E-state index contributed by atoms with van der Waals surface area (Å²) in [6.45, 7) is 0.401. The third kappa shape index (κ3) is 3.86. The van der Waals surface area contributed by atoms with E-state index >= 15 is 0 Å². The van der Waals surface area contributed by atoms with E-state index in [-0.39, 0.29) is 19.0 Å². The molecular formula is C20H19FO4S. The van der Waals surface area contributed by atoms with Gasteiger partial charge in [0.25, 0.3) is 0 Å². The molecule has 6 heteroatoms. The molecule has 2 aromatic carbocycles. The van der Waals surface area contributed by atoms with E-state index in [1.165, 1.54) is 24.5 Å². The minimum absolute atomic E-state index is 0.157. The molecule has 4 nitrogen and oxygen atoms in total. The van der Waals surface area contributed by atoms with E-state index in [2.05, 4.69) is 0 Å². The fourth-order valence-electron chi connectivity index (χ4n) is 2.73. The van der Waals surface area contributed by atoms with Crippen LogP contribution in [0.2, 0.25) is 0 Å². The topological polar surface area (TPSA) is 44.8 Å². The third-order valence-electron chi connectivity index (χ3n) is 4.02. The molecule has 0 fully saturated rings. The second-order valence-electron chi connectivity index (χ2n) is 5.69. The number of ether oxygens (including phenoxy) is 3. The van der Waals surface area contributed by atoms with Crippen LogP contribution in [0.25, 0.3) is 10.1 Å². The molecule has 0 aliphatic rings. The molecule has 26 heavy (non-hydrogen) atoms. The SMILES string of the molecule is COCc1c(C(=O)OCCc2ccc(OC)cc2)sc2cccc(F)c12. The number of carbonyl (C=O) groups excluding carboxylic acids is 1. The molecule has 136 valence electrons. The van der Waals surface area contributed by atoms with Crippen LogP contribution < -0.4 is 4.74 Å². The van der Waals surface area contributed by atoms with Crippen LogP contribution in [0.3, 0.4) is 0 Å². The number of esters is 1. The van der Waals surface area contributed by atoms with E-state index in [9.17, 15) is 9.18 Å². The molecule has 0 aliphatic heterocycles. The standard InChI is InChI=1S/C20H19FO4S/c1-23-12-15-18-16(21)4-3-5-17(18)26-19(15)20(22)25-11-10-13-6-8-14(24-2)9-7-13/h3-9H,10-12H2,1-2H3. The summed E-state index contributed by atoms with van der Waals surface area (Å²) >= 11 is 1.23. The zero-order valence-corrected chi connectivity index (χ0v) is 15.4. The van der Waals surface area contributed by atoms with Crippen molar-refractivity contribution < 1.29 is 23.4 Å². The van der Waals surface area contributed by atoms with Gasteiger partial charge in [-0.05, 0) is 29.8 Å². The summed E-state index contributed by atoms with van der Waals surface area (Å²) in [5.41, 5.74) is 1.58. The highest BCUT2D eigenvalue weighted by Gasteiger charge is 2.21. The van der Waals surface area contributed by atoms with Crippen LogP contribution in [-0.2, 0) is 22.5 Å². The summed E-state index contributed by atoms with van der Waals surface area (Å²) in [5, 5.41) is 0.432. The van der Waals surface area contributed by atoms with E-state index < -0.39 is 5.97 Å². The average molecular weight is 374 g/mol. The Balaban J connectivity index is 1.72. The molecule has 0 saturated heterocycles. The number of halogens is 1. The van der Waals surface area contributed by atoms with Gasteiger partial charge in [0.2, 0.25) is 0 Å². The van der Waals surface area contributed by atoms with Gasteiger partial charge >= 0.3 is 5.97 Å². The Kier molecular flexibility index (Phi) is 5.85. The normalized spacial score (nSPS) is 10.9. The van der Waals surface area contributed by atoms with Crippen molar-refractivity contribution in [3.05, 3.63) is 64.3 Å². The maximum absolute atomic E-state index is 14.2. The summed E-state index contributed by atoms with van der Waals surface area (Å²) in [6.07, 6.45) is 0.592. The summed E-state index contributed by atoms with van der Waals surface area (Å²) in [7, 11) is 3.13. The molecule has 0 amide bonds. The molecule has 0 unspecified atom stereocenters. The molecule has 3 aromatic rings. The zero-order chi connectivity index (χ0) is 18.5. The maximum Gasteiger partial charge on any atom is 0.348 e. The zero-order valence-electron chi connectivity index (χ0n) is 14.6. The predicted octanol–water partition coefficient (Wildman–Crippen LogP) is 4.59. The van der Waals surface area contributed by atoms with Gasteiger partial charge in [-0.3, -0.25) is 0 Å². The van der Waals surface area contributed by atoms with Gasteiger partial charge in [-0.15, -0.1) is 11.3 Å². The van der Waals surface area contributed by atoms with Crippen LogP contribution in [0.5, 0.6) is 5.75 Å². The van der Waals surface area contributed by atoms with Crippen molar-refractivity contribution in [1.29, 1.82) is 0 Å². The van der Waals surface area contributed by atoms with Crippen molar-refractivity contribution in [3.8, 4) is 5.75 Å². The summed E-state index contributed by atoms with van der Waals surface area (Å²) in [6, 6.07) is 12.4. The second kappa shape index (κ2) is 8.29. The largest absolute Gasteiger partial charge is 0.497 e. The molecule has 0 saturated carbocycles. The second-order valence-corrected chi connectivity index (χ2v) is 6.74. The van der Waals surface area contributed by atoms with E-state index in [0.717, 1.165) is 11.3 Å². The Morgan fingerprint density at radius 1 is 1.12 bits per heavy atom. The fourth-order valence-corrected chi connectivity index (χ4v) is 3.85. The van der Waals surface area contributed by atoms with Gasteiger partial charge in [-0.25, -0.2) is 9.18 Å². The quantitative estimate of drug-likeness (QED) is 0.567. The Labute approximate surface area is 155 Å².